The molecule has 0 amide bonds. The molecule has 1 aromatic heterocycles. The highest BCUT2D eigenvalue weighted by Crippen LogP contribution is 2.12. The van der Waals surface area contributed by atoms with Crippen molar-refractivity contribution in [3.63, 3.8) is 0 Å². The van der Waals surface area contributed by atoms with Crippen molar-refractivity contribution in [3.8, 4) is 0 Å². The van der Waals surface area contributed by atoms with E-state index in [2.05, 4.69) is 36.0 Å². The number of hydrogen-bond donors (Lipinski definition) is 2. The van der Waals surface area contributed by atoms with Gasteiger partial charge in [0, 0.05) is 12.3 Å². The van der Waals surface area contributed by atoms with Crippen LogP contribution in [0.3, 0.4) is 0 Å². The number of aromatic nitrogens is 3. The zero-order valence-corrected chi connectivity index (χ0v) is 9.95. The Morgan fingerprint density at radius 2 is 2.00 bits per heavy atom. The lowest BCUT2D eigenvalue weighted by Crippen LogP contribution is -2.07. The molecule has 0 spiro atoms. The number of aromatic amines is 1. The average molecular weight is 210 g/mol. The molecule has 1 rings (SSSR count). The van der Waals surface area contributed by atoms with E-state index in [9.17, 15) is 0 Å². The van der Waals surface area contributed by atoms with Gasteiger partial charge in [0.25, 0.3) is 0 Å². The average Bonchev–Trinajstić information content (AvgIpc) is 2.63. The predicted molar refractivity (Wildman–Crippen MR) is 61.6 cm³/mol. The highest BCUT2D eigenvalue weighted by atomic mass is 15.2. The molecule has 0 aliphatic heterocycles. The Morgan fingerprint density at radius 1 is 1.27 bits per heavy atom. The van der Waals surface area contributed by atoms with Gasteiger partial charge in [-0.2, -0.15) is 5.10 Å². The molecule has 3 N–H and O–H groups in total. The summed E-state index contributed by atoms with van der Waals surface area (Å²) in [5.74, 6) is 2.98. The monoisotopic (exact) mass is 210 g/mol. The number of rotatable bonds is 6. The Labute approximate surface area is 91.7 Å². The molecule has 0 saturated carbocycles. The van der Waals surface area contributed by atoms with E-state index in [1.165, 1.54) is 0 Å². The molecule has 0 aliphatic rings. The van der Waals surface area contributed by atoms with Gasteiger partial charge in [0.05, 0.1) is 0 Å². The number of nitrogens with two attached hydrogens (primary N) is 1. The van der Waals surface area contributed by atoms with Crippen molar-refractivity contribution in [3.05, 3.63) is 11.6 Å². The Bertz CT molecular complexity index is 280. The van der Waals surface area contributed by atoms with Gasteiger partial charge in [-0.3, -0.25) is 5.10 Å². The van der Waals surface area contributed by atoms with Gasteiger partial charge in [-0.25, -0.2) is 4.98 Å². The molecule has 1 heterocycles. The zero-order chi connectivity index (χ0) is 11.3. The van der Waals surface area contributed by atoms with Gasteiger partial charge in [-0.05, 0) is 25.3 Å². The van der Waals surface area contributed by atoms with Gasteiger partial charge in [-0.15, -0.1) is 0 Å². The van der Waals surface area contributed by atoms with Crippen LogP contribution in [0.25, 0.3) is 0 Å². The molecule has 1 unspecified atom stereocenters. The molecular formula is C11H22N4. The molecule has 0 aliphatic carbocycles. The number of hydrogen-bond acceptors (Lipinski definition) is 3. The summed E-state index contributed by atoms with van der Waals surface area (Å²) in [5, 5.41) is 7.17. The molecule has 0 saturated heterocycles. The Morgan fingerprint density at radius 3 is 2.53 bits per heavy atom. The summed E-state index contributed by atoms with van der Waals surface area (Å²) >= 11 is 0. The second-order valence-corrected chi connectivity index (χ2v) is 4.52. The smallest absolute Gasteiger partial charge is 0.153 e. The van der Waals surface area contributed by atoms with Crippen LogP contribution in [-0.4, -0.2) is 21.7 Å². The zero-order valence-electron chi connectivity index (χ0n) is 9.95. The minimum atomic E-state index is 0.400. The summed E-state index contributed by atoms with van der Waals surface area (Å²) < 4.78 is 0. The highest BCUT2D eigenvalue weighted by Gasteiger charge is 2.08. The first-order chi connectivity index (χ1) is 7.13. The van der Waals surface area contributed by atoms with Crippen molar-refractivity contribution in [2.45, 2.75) is 46.0 Å². The van der Waals surface area contributed by atoms with E-state index >= 15 is 0 Å². The third-order valence-corrected chi connectivity index (χ3v) is 2.60. The molecule has 4 heteroatoms. The Kier molecular flexibility index (Phi) is 4.75. The summed E-state index contributed by atoms with van der Waals surface area (Å²) in [7, 11) is 0. The van der Waals surface area contributed by atoms with Crippen LogP contribution in [0.4, 0.5) is 0 Å². The van der Waals surface area contributed by atoms with Crippen LogP contribution in [0.5, 0.6) is 0 Å². The van der Waals surface area contributed by atoms with Crippen LogP contribution in [-0.2, 0) is 6.42 Å². The summed E-state index contributed by atoms with van der Waals surface area (Å²) in [5.41, 5.74) is 5.51. The van der Waals surface area contributed by atoms with E-state index in [1.807, 2.05) is 0 Å². The number of nitrogens with one attached hydrogen (secondary N) is 1. The van der Waals surface area contributed by atoms with E-state index in [1.54, 1.807) is 0 Å². The maximum absolute atomic E-state index is 5.51. The molecule has 1 aromatic rings. The van der Waals surface area contributed by atoms with Crippen molar-refractivity contribution in [1.82, 2.24) is 15.2 Å². The van der Waals surface area contributed by atoms with Crippen molar-refractivity contribution < 1.29 is 0 Å². The summed E-state index contributed by atoms with van der Waals surface area (Å²) in [6, 6.07) is 0. The summed E-state index contributed by atoms with van der Waals surface area (Å²) in [6.07, 6.45) is 3.19. The van der Waals surface area contributed by atoms with Gasteiger partial charge in [0.2, 0.25) is 0 Å². The molecule has 1 atom stereocenters. The van der Waals surface area contributed by atoms with Crippen LogP contribution >= 0.6 is 0 Å². The van der Waals surface area contributed by atoms with Crippen LogP contribution in [0, 0.1) is 5.92 Å². The highest BCUT2D eigenvalue weighted by molar-refractivity contribution is 4.94. The fourth-order valence-electron chi connectivity index (χ4n) is 1.49. The maximum atomic E-state index is 5.51. The molecule has 15 heavy (non-hydrogen) atoms. The van der Waals surface area contributed by atoms with E-state index in [0.29, 0.717) is 11.8 Å². The molecule has 0 aromatic carbocycles. The summed E-state index contributed by atoms with van der Waals surface area (Å²) in [4.78, 5) is 4.44. The molecular weight excluding hydrogens is 188 g/mol. The number of aryl methyl sites for hydroxylation is 1. The first-order valence-corrected chi connectivity index (χ1v) is 5.74. The van der Waals surface area contributed by atoms with Gasteiger partial charge in [0.15, 0.2) is 5.82 Å². The Balaban J connectivity index is 2.37. The summed E-state index contributed by atoms with van der Waals surface area (Å²) in [6.45, 7) is 7.20. The molecule has 0 bridgehead atoms. The fraction of sp³-hybridized carbons (Fsp3) is 0.818. The molecule has 0 fully saturated rings. The normalized spacial score (nSPS) is 13.4. The lowest BCUT2D eigenvalue weighted by Gasteiger charge is -2.07. The predicted octanol–water partition coefficient (Wildman–Crippen LogP) is 1.85. The molecule has 4 nitrogen and oxygen atoms in total. The minimum absolute atomic E-state index is 0.400. The third kappa shape index (κ3) is 4.00. The lowest BCUT2D eigenvalue weighted by atomic mass is 10.0. The lowest BCUT2D eigenvalue weighted by molar-refractivity contribution is 0.494. The topological polar surface area (TPSA) is 67.6 Å². The first kappa shape index (κ1) is 12.2. The van der Waals surface area contributed by atoms with E-state index in [4.69, 9.17) is 5.73 Å². The SMILES string of the molecule is CC(CCN)CCc1nc(C(C)C)n[nH]1. The molecule has 86 valence electrons. The second-order valence-electron chi connectivity index (χ2n) is 4.52. The van der Waals surface area contributed by atoms with E-state index < -0.39 is 0 Å². The van der Waals surface area contributed by atoms with E-state index in [-0.39, 0.29) is 0 Å². The van der Waals surface area contributed by atoms with Crippen LogP contribution < -0.4 is 5.73 Å². The molecule has 0 radical (unpaired) electrons. The largest absolute Gasteiger partial charge is 0.330 e. The van der Waals surface area contributed by atoms with Crippen molar-refractivity contribution in [2.75, 3.05) is 6.54 Å². The van der Waals surface area contributed by atoms with Gasteiger partial charge in [-0.1, -0.05) is 20.8 Å². The first-order valence-electron chi connectivity index (χ1n) is 5.74. The van der Waals surface area contributed by atoms with Crippen LogP contribution in [0.2, 0.25) is 0 Å². The maximum Gasteiger partial charge on any atom is 0.153 e. The third-order valence-electron chi connectivity index (χ3n) is 2.60. The quantitative estimate of drug-likeness (QED) is 0.753. The van der Waals surface area contributed by atoms with Crippen LogP contribution in [0.1, 0.15) is 51.2 Å². The number of H-pyrrole nitrogens is 1. The van der Waals surface area contributed by atoms with Gasteiger partial charge in [0.1, 0.15) is 5.82 Å². The number of nitrogens with zero attached hydrogens (tertiary/aromatic N) is 2. The van der Waals surface area contributed by atoms with E-state index in [0.717, 1.165) is 37.5 Å². The van der Waals surface area contributed by atoms with Gasteiger partial charge < -0.3 is 5.73 Å². The van der Waals surface area contributed by atoms with Crippen LogP contribution in [0.15, 0.2) is 0 Å². The Hall–Kier alpha value is -0.900. The second kappa shape index (κ2) is 5.85. The van der Waals surface area contributed by atoms with Crippen molar-refractivity contribution >= 4 is 0 Å². The fourth-order valence-corrected chi connectivity index (χ4v) is 1.49. The van der Waals surface area contributed by atoms with Crippen molar-refractivity contribution in [2.24, 2.45) is 11.7 Å². The minimum Gasteiger partial charge on any atom is -0.330 e. The standard InChI is InChI=1S/C11H22N4/c1-8(2)11-13-10(14-15-11)5-4-9(3)6-7-12/h8-9H,4-7,12H2,1-3H3,(H,13,14,15). The van der Waals surface area contributed by atoms with Crippen molar-refractivity contribution in [1.29, 1.82) is 0 Å². The van der Waals surface area contributed by atoms with Gasteiger partial charge >= 0.3 is 0 Å².